The number of carbonyl (C=O) groups excluding carboxylic acids is 2. The Morgan fingerprint density at radius 1 is 0.933 bits per heavy atom. The number of amides is 2. The zero-order valence-corrected chi connectivity index (χ0v) is 25.5. The quantitative estimate of drug-likeness (QED) is 0.176. The average molecular weight is 605 g/mol. The van der Waals surface area contributed by atoms with E-state index in [2.05, 4.69) is 33.0 Å². The first-order chi connectivity index (χ1) is 21.9. The number of hydrogen-bond acceptors (Lipinski definition) is 5. The minimum absolute atomic E-state index is 0.270. The van der Waals surface area contributed by atoms with Crippen LogP contribution in [0.5, 0.6) is 5.75 Å². The van der Waals surface area contributed by atoms with Crippen molar-refractivity contribution in [3.8, 4) is 5.75 Å². The van der Waals surface area contributed by atoms with E-state index in [0.29, 0.717) is 39.4 Å². The van der Waals surface area contributed by atoms with E-state index >= 15 is 0 Å². The zero-order valence-electron chi connectivity index (χ0n) is 25.5. The van der Waals surface area contributed by atoms with Gasteiger partial charge in [0, 0.05) is 29.0 Å². The Balaban J connectivity index is 1.33. The second-order valence-electron chi connectivity index (χ2n) is 11.6. The van der Waals surface area contributed by atoms with Gasteiger partial charge in [-0.1, -0.05) is 30.7 Å². The molecule has 4 aromatic carbocycles. The molecule has 3 N–H and O–H groups in total. The van der Waals surface area contributed by atoms with Gasteiger partial charge in [-0.15, -0.1) is 0 Å². The summed E-state index contributed by atoms with van der Waals surface area (Å²) in [4.78, 5) is 29.4. The molecule has 0 bridgehead atoms. The van der Waals surface area contributed by atoms with Crippen molar-refractivity contribution in [1.29, 1.82) is 0 Å². The third kappa shape index (κ3) is 6.91. The highest BCUT2D eigenvalue weighted by Crippen LogP contribution is 2.38. The van der Waals surface area contributed by atoms with Gasteiger partial charge in [-0.3, -0.25) is 14.5 Å². The van der Waals surface area contributed by atoms with Crippen LogP contribution in [0, 0.1) is 5.82 Å². The summed E-state index contributed by atoms with van der Waals surface area (Å²) in [5, 5.41) is 9.48. The molecule has 0 radical (unpaired) electrons. The number of hydrogen-bond donors (Lipinski definition) is 3. The van der Waals surface area contributed by atoms with Crippen LogP contribution < -0.4 is 20.7 Å². The van der Waals surface area contributed by atoms with E-state index in [0.717, 1.165) is 30.9 Å². The molecule has 2 amide bonds. The summed E-state index contributed by atoms with van der Waals surface area (Å²) in [5.74, 6) is -0.229. The predicted molar refractivity (Wildman–Crippen MR) is 176 cm³/mol. The molecule has 8 heteroatoms. The number of fused-ring (bicyclic) bond motifs is 1. The van der Waals surface area contributed by atoms with Crippen LogP contribution in [0.1, 0.15) is 64.8 Å². The summed E-state index contributed by atoms with van der Waals surface area (Å²) in [6.07, 6.45) is 3.71. The van der Waals surface area contributed by atoms with Gasteiger partial charge in [0.15, 0.2) is 0 Å². The Morgan fingerprint density at radius 2 is 1.69 bits per heavy atom. The molecule has 0 aromatic heterocycles. The molecular weight excluding hydrogens is 567 g/mol. The summed E-state index contributed by atoms with van der Waals surface area (Å²) >= 11 is 0. The van der Waals surface area contributed by atoms with E-state index in [9.17, 15) is 14.0 Å². The molecule has 2 heterocycles. The third-order valence-corrected chi connectivity index (χ3v) is 8.40. The Bertz CT molecular complexity index is 1750. The van der Waals surface area contributed by atoms with Crippen LogP contribution in [0.15, 0.2) is 91.0 Å². The highest BCUT2D eigenvalue weighted by atomic mass is 19.1. The van der Waals surface area contributed by atoms with Gasteiger partial charge in [-0.05, 0) is 116 Å². The highest BCUT2D eigenvalue weighted by Gasteiger charge is 2.30. The number of halogens is 1. The van der Waals surface area contributed by atoms with Crippen LogP contribution in [-0.2, 0) is 11.3 Å². The number of ether oxygens (including phenoxy) is 1. The maximum Gasteiger partial charge on any atom is 0.258 e. The molecule has 0 aliphatic carbocycles. The van der Waals surface area contributed by atoms with Crippen molar-refractivity contribution in [2.45, 2.75) is 38.8 Å². The summed E-state index contributed by atoms with van der Waals surface area (Å²) in [6, 6.07) is 26.7. The molecular formula is C37H37FN4O3. The predicted octanol–water partition coefficient (Wildman–Crippen LogP) is 7.24. The first-order valence-corrected chi connectivity index (χ1v) is 15.4. The summed E-state index contributed by atoms with van der Waals surface area (Å²) in [5.41, 5.74) is 6.08. The van der Waals surface area contributed by atoms with E-state index in [1.54, 1.807) is 37.4 Å². The van der Waals surface area contributed by atoms with Crippen LogP contribution >= 0.6 is 0 Å². The van der Waals surface area contributed by atoms with Crippen LogP contribution in [0.4, 0.5) is 15.8 Å². The SMILES string of the molecule is COc1cccc([C@@H](C)NC(=O)c2ccc3c(c2)C(=C(Nc2cccc(CN4CCCCC4)c2)c2ccc(F)cc2)C(=O)N3)c1. The van der Waals surface area contributed by atoms with Crippen LogP contribution in [-0.4, -0.2) is 36.9 Å². The minimum Gasteiger partial charge on any atom is -0.497 e. The maximum absolute atomic E-state index is 14.0. The lowest BCUT2D eigenvalue weighted by Gasteiger charge is -2.26. The molecule has 7 nitrogen and oxygen atoms in total. The van der Waals surface area contributed by atoms with Gasteiger partial charge in [0.1, 0.15) is 11.6 Å². The number of carbonyl (C=O) groups is 2. The molecule has 0 unspecified atom stereocenters. The lowest BCUT2D eigenvalue weighted by atomic mass is 9.98. The topological polar surface area (TPSA) is 82.7 Å². The molecule has 1 atom stereocenters. The molecule has 0 spiro atoms. The zero-order chi connectivity index (χ0) is 31.3. The van der Waals surface area contributed by atoms with E-state index in [1.807, 2.05) is 43.3 Å². The Morgan fingerprint density at radius 3 is 2.47 bits per heavy atom. The molecule has 6 rings (SSSR count). The van der Waals surface area contributed by atoms with E-state index in [1.165, 1.54) is 37.0 Å². The molecule has 45 heavy (non-hydrogen) atoms. The van der Waals surface area contributed by atoms with Crippen LogP contribution in [0.25, 0.3) is 11.3 Å². The second-order valence-corrected chi connectivity index (χ2v) is 11.6. The van der Waals surface area contributed by atoms with Crippen molar-refractivity contribution in [3.63, 3.8) is 0 Å². The van der Waals surface area contributed by atoms with Crippen LogP contribution in [0.2, 0.25) is 0 Å². The summed E-state index contributed by atoms with van der Waals surface area (Å²) in [6.45, 7) is 4.95. The fraction of sp³-hybridized carbons (Fsp3) is 0.243. The van der Waals surface area contributed by atoms with Crippen molar-refractivity contribution in [3.05, 3.63) is 125 Å². The number of rotatable bonds is 9. The third-order valence-electron chi connectivity index (χ3n) is 8.40. The standard InChI is InChI=1S/C37H37FN4O3/c1-24(27-9-7-11-31(21-27)45-2)39-36(43)28-14-17-33-32(22-28)34(37(44)41-33)35(26-12-15-29(38)16-13-26)40-30-10-6-8-25(20-30)23-42-18-4-3-5-19-42/h6-17,20-22,24,40H,3-5,18-19,23H2,1-2H3,(H,39,43)(H,41,44)/t24-/m1/s1. The molecule has 4 aromatic rings. The number of nitrogens with zero attached hydrogens (tertiary/aromatic N) is 1. The van der Waals surface area contributed by atoms with Crippen LogP contribution in [0.3, 0.4) is 0 Å². The number of nitrogens with one attached hydrogen (secondary N) is 3. The largest absolute Gasteiger partial charge is 0.497 e. The molecule has 1 fully saturated rings. The first kappa shape index (κ1) is 30.1. The van der Waals surface area contributed by atoms with Gasteiger partial charge in [-0.2, -0.15) is 0 Å². The fourth-order valence-electron chi connectivity index (χ4n) is 5.99. The second kappa shape index (κ2) is 13.4. The normalized spacial score (nSPS) is 16.4. The number of piperidine rings is 1. The molecule has 2 aliphatic rings. The van der Waals surface area contributed by atoms with Gasteiger partial charge in [-0.25, -0.2) is 4.39 Å². The number of methoxy groups -OCH3 is 1. The van der Waals surface area contributed by atoms with Gasteiger partial charge in [0.2, 0.25) is 0 Å². The molecule has 2 aliphatic heterocycles. The first-order valence-electron chi connectivity index (χ1n) is 15.4. The summed E-state index contributed by atoms with van der Waals surface area (Å²) in [7, 11) is 1.61. The number of likely N-dealkylation sites (tertiary alicyclic amines) is 1. The number of anilines is 2. The lowest BCUT2D eigenvalue weighted by molar-refractivity contribution is -0.110. The van der Waals surface area contributed by atoms with E-state index in [-0.39, 0.29) is 23.7 Å². The smallest absolute Gasteiger partial charge is 0.258 e. The Labute approximate surface area is 263 Å². The monoisotopic (exact) mass is 604 g/mol. The fourth-order valence-corrected chi connectivity index (χ4v) is 5.99. The maximum atomic E-state index is 14.0. The van der Waals surface area contributed by atoms with E-state index < -0.39 is 0 Å². The minimum atomic E-state index is -0.369. The Kier molecular flexibility index (Phi) is 8.93. The highest BCUT2D eigenvalue weighted by molar-refractivity contribution is 6.37. The van der Waals surface area contributed by atoms with Crippen molar-refractivity contribution >= 4 is 34.5 Å². The van der Waals surface area contributed by atoms with Crippen molar-refractivity contribution < 1.29 is 18.7 Å². The summed E-state index contributed by atoms with van der Waals surface area (Å²) < 4.78 is 19.3. The van der Waals surface area contributed by atoms with Gasteiger partial charge in [0.25, 0.3) is 11.8 Å². The molecule has 0 saturated carbocycles. The van der Waals surface area contributed by atoms with Crippen molar-refractivity contribution in [1.82, 2.24) is 10.2 Å². The average Bonchev–Trinajstić information content (AvgIpc) is 3.39. The van der Waals surface area contributed by atoms with Gasteiger partial charge in [0.05, 0.1) is 24.4 Å². The van der Waals surface area contributed by atoms with Gasteiger partial charge < -0.3 is 20.7 Å². The van der Waals surface area contributed by atoms with Crippen molar-refractivity contribution in [2.75, 3.05) is 30.8 Å². The van der Waals surface area contributed by atoms with Crippen molar-refractivity contribution in [2.24, 2.45) is 0 Å². The molecule has 230 valence electrons. The lowest BCUT2D eigenvalue weighted by Crippen LogP contribution is -2.29. The van der Waals surface area contributed by atoms with Gasteiger partial charge >= 0.3 is 0 Å². The number of benzene rings is 4. The molecule has 1 saturated heterocycles. The van der Waals surface area contributed by atoms with E-state index in [4.69, 9.17) is 4.74 Å². The Hall–Kier alpha value is -4.95.